The number of rotatable bonds is 9. The van der Waals surface area contributed by atoms with Gasteiger partial charge in [-0.15, -0.1) is 11.3 Å². The molecule has 304 valence electrons. The van der Waals surface area contributed by atoms with Crippen LogP contribution in [0.5, 0.6) is 11.5 Å². The van der Waals surface area contributed by atoms with E-state index in [1.165, 1.54) is 29.4 Å². The number of nitrogens with one attached hydrogen (secondary N) is 3. The van der Waals surface area contributed by atoms with Crippen LogP contribution in [0.25, 0.3) is 22.3 Å². The number of methoxy groups -OCH3 is 1. The van der Waals surface area contributed by atoms with Crippen molar-refractivity contribution in [3.63, 3.8) is 0 Å². The molecule has 2 aliphatic carbocycles. The summed E-state index contributed by atoms with van der Waals surface area (Å²) in [7, 11) is 1.33. The van der Waals surface area contributed by atoms with Gasteiger partial charge in [-0.1, -0.05) is 31.9 Å². The summed E-state index contributed by atoms with van der Waals surface area (Å²) < 4.78 is 33.3. The molecule has 1 saturated heterocycles. The first-order valence-electron chi connectivity index (χ1n) is 19.6. The Morgan fingerprint density at radius 1 is 1.05 bits per heavy atom. The summed E-state index contributed by atoms with van der Waals surface area (Å²) in [6.45, 7) is 1.62. The number of nitrogens with zero attached hydrogens (tertiary/aromatic N) is 3. The van der Waals surface area contributed by atoms with Crippen LogP contribution in [0.15, 0.2) is 35.7 Å². The van der Waals surface area contributed by atoms with Crippen LogP contribution in [0.1, 0.15) is 84.0 Å². The number of carbonyl (C=O) groups excluding carboxylic acids is 4. The van der Waals surface area contributed by atoms with Crippen molar-refractivity contribution >= 4 is 57.2 Å². The Bertz CT molecular complexity index is 2070. The van der Waals surface area contributed by atoms with Crippen LogP contribution in [0.4, 0.5) is 14.3 Å². The maximum absolute atomic E-state index is 15.8. The molecule has 5 atom stereocenters. The van der Waals surface area contributed by atoms with Gasteiger partial charge in [-0.25, -0.2) is 23.9 Å². The third-order valence-corrected chi connectivity index (χ3v) is 11.9. The summed E-state index contributed by atoms with van der Waals surface area (Å²) in [6, 6.07) is 2.44. The number of thiazole rings is 1. The van der Waals surface area contributed by atoms with E-state index >= 15 is 4.39 Å². The van der Waals surface area contributed by atoms with Crippen molar-refractivity contribution in [3.8, 4) is 22.9 Å². The average Bonchev–Trinajstić information content (AvgIpc) is 3.62. The topological polar surface area (TPSA) is 198 Å². The molecule has 3 fully saturated rings. The molecule has 0 bridgehead atoms. The second-order valence-corrected chi connectivity index (χ2v) is 15.9. The third-order valence-electron chi connectivity index (χ3n) is 11.2. The van der Waals surface area contributed by atoms with Gasteiger partial charge in [0, 0.05) is 35.6 Å². The van der Waals surface area contributed by atoms with Crippen LogP contribution in [0.3, 0.4) is 0 Å². The van der Waals surface area contributed by atoms with Gasteiger partial charge in [-0.05, 0) is 63.5 Å². The van der Waals surface area contributed by atoms with E-state index in [4.69, 9.17) is 14.2 Å². The van der Waals surface area contributed by atoms with Crippen molar-refractivity contribution in [2.45, 2.75) is 114 Å². The molecule has 1 aromatic carbocycles. The van der Waals surface area contributed by atoms with E-state index in [-0.39, 0.29) is 60.5 Å². The molecular weight excluding hydrogens is 760 g/mol. The number of benzene rings is 1. The summed E-state index contributed by atoms with van der Waals surface area (Å²) >= 11 is 1.17. The summed E-state index contributed by atoms with van der Waals surface area (Å²) in [6.07, 6.45) is 9.04. The monoisotopic (exact) mass is 806 g/mol. The first-order valence-corrected chi connectivity index (χ1v) is 20.5. The van der Waals surface area contributed by atoms with Crippen LogP contribution in [-0.4, -0.2) is 93.2 Å². The molecule has 4 amide bonds. The molecule has 4 aliphatic rings. The SMILES string of the molecule is CCC(=O)Nc1nc(-c2cc(O[C@@H]3C[C@H]4C(=O)N[C@]5(C(=O)O)C[C@@H]5/C=C\CCCCC[C@@H](NC(=O)OC5CCCC5)C(=O)N4C3)c3ccc(OC)c(F)c3n2)cs1. The fourth-order valence-electron chi connectivity index (χ4n) is 7.91. The smallest absolute Gasteiger partial charge is 0.408 e. The van der Waals surface area contributed by atoms with Gasteiger partial charge in [-0.3, -0.25) is 14.4 Å². The number of pyridine rings is 1. The van der Waals surface area contributed by atoms with Crippen LogP contribution in [-0.2, 0) is 23.9 Å². The second-order valence-electron chi connectivity index (χ2n) is 15.1. The maximum Gasteiger partial charge on any atom is 0.408 e. The van der Waals surface area contributed by atoms with Crippen molar-refractivity contribution in [1.29, 1.82) is 0 Å². The molecule has 3 aromatic rings. The number of carbonyl (C=O) groups is 5. The second kappa shape index (κ2) is 17.0. The molecule has 2 aliphatic heterocycles. The van der Waals surface area contributed by atoms with Crippen molar-refractivity contribution in [1.82, 2.24) is 25.5 Å². The Hall–Kier alpha value is -5.32. The van der Waals surface area contributed by atoms with Gasteiger partial charge in [-0.2, -0.15) is 0 Å². The van der Waals surface area contributed by atoms with Crippen molar-refractivity contribution in [2.75, 3.05) is 19.0 Å². The van der Waals surface area contributed by atoms with E-state index in [2.05, 4.69) is 25.9 Å². The molecule has 2 aromatic heterocycles. The zero-order chi connectivity index (χ0) is 40.3. The molecule has 0 spiro atoms. The van der Waals surface area contributed by atoms with Gasteiger partial charge in [0.25, 0.3) is 0 Å². The summed E-state index contributed by atoms with van der Waals surface area (Å²) in [4.78, 5) is 76.8. The first kappa shape index (κ1) is 39.9. The Morgan fingerprint density at radius 2 is 1.84 bits per heavy atom. The van der Waals surface area contributed by atoms with Crippen LogP contribution >= 0.6 is 11.3 Å². The van der Waals surface area contributed by atoms with Gasteiger partial charge >= 0.3 is 12.1 Å². The van der Waals surface area contributed by atoms with E-state index in [9.17, 15) is 29.1 Å². The van der Waals surface area contributed by atoms with Gasteiger partial charge in [0.1, 0.15) is 46.8 Å². The zero-order valence-corrected chi connectivity index (χ0v) is 32.7. The average molecular weight is 807 g/mol. The highest BCUT2D eigenvalue weighted by molar-refractivity contribution is 7.14. The predicted octanol–water partition coefficient (Wildman–Crippen LogP) is 5.72. The molecule has 4 heterocycles. The molecule has 57 heavy (non-hydrogen) atoms. The van der Waals surface area contributed by atoms with E-state index < -0.39 is 59.3 Å². The Labute approximate surface area is 332 Å². The fraction of sp³-hybridized carbons (Fsp3) is 0.525. The van der Waals surface area contributed by atoms with E-state index in [1.807, 2.05) is 12.2 Å². The summed E-state index contributed by atoms with van der Waals surface area (Å²) in [5.41, 5.74) is -1.00. The van der Waals surface area contributed by atoms with Crippen LogP contribution < -0.4 is 25.4 Å². The van der Waals surface area contributed by atoms with Crippen molar-refractivity contribution < 1.29 is 47.7 Å². The minimum absolute atomic E-state index is 0.0330. The molecule has 0 radical (unpaired) electrons. The molecule has 4 N–H and O–H groups in total. The highest BCUT2D eigenvalue weighted by Crippen LogP contribution is 2.46. The lowest BCUT2D eigenvalue weighted by atomic mass is 10.0. The summed E-state index contributed by atoms with van der Waals surface area (Å²) in [5.74, 6) is -3.58. The number of ether oxygens (including phenoxy) is 3. The maximum atomic E-state index is 15.8. The lowest BCUT2D eigenvalue weighted by molar-refractivity contribution is -0.145. The predicted molar refractivity (Wildman–Crippen MR) is 207 cm³/mol. The molecular formula is C40H47FN6O9S. The van der Waals surface area contributed by atoms with Crippen LogP contribution in [0, 0.1) is 11.7 Å². The Morgan fingerprint density at radius 3 is 2.60 bits per heavy atom. The number of amides is 4. The van der Waals surface area contributed by atoms with Gasteiger partial charge in [0.15, 0.2) is 16.7 Å². The lowest BCUT2D eigenvalue weighted by Crippen LogP contribution is -2.56. The van der Waals surface area contributed by atoms with Gasteiger partial charge < -0.3 is 40.2 Å². The van der Waals surface area contributed by atoms with Crippen molar-refractivity contribution in [3.05, 3.63) is 41.5 Å². The lowest BCUT2D eigenvalue weighted by Gasteiger charge is -2.29. The number of carboxylic acids is 1. The largest absolute Gasteiger partial charge is 0.494 e. The minimum atomic E-state index is -1.51. The summed E-state index contributed by atoms with van der Waals surface area (Å²) in [5, 5.41) is 20.8. The number of carboxylic acid groups (broad SMARTS) is 1. The number of alkyl carbamates (subject to hydrolysis) is 1. The normalized spacial score (nSPS) is 26.0. The first-order chi connectivity index (χ1) is 27.5. The molecule has 0 unspecified atom stereocenters. The van der Waals surface area contributed by atoms with E-state index in [0.29, 0.717) is 35.5 Å². The molecule has 17 heteroatoms. The Kier molecular flexibility index (Phi) is 11.9. The van der Waals surface area contributed by atoms with E-state index in [1.54, 1.807) is 24.4 Å². The minimum Gasteiger partial charge on any atom is -0.494 e. The molecule has 2 saturated carbocycles. The Balaban J connectivity index is 1.22. The van der Waals surface area contributed by atoms with Crippen LogP contribution in [0.2, 0.25) is 0 Å². The quantitative estimate of drug-likeness (QED) is 0.193. The fourth-order valence-corrected chi connectivity index (χ4v) is 8.63. The number of aliphatic carboxylic acids is 1. The number of fused-ring (bicyclic) bond motifs is 3. The number of halogens is 1. The zero-order valence-electron chi connectivity index (χ0n) is 31.9. The number of aromatic nitrogens is 2. The highest BCUT2D eigenvalue weighted by Gasteiger charge is 2.61. The standard InChI is InChI=1S/C40H47FN6O9S/c1-3-32(48)45-38-43-28(21-57-38)27-18-31(25-15-16-30(54-2)33(41)34(25)42-27)55-24-17-29-35(49)46-40(37(51)52)19-22(40)11-7-5-4-6-8-14-26(36(50)47(29)20-24)44-39(53)56-23-12-9-10-13-23/h7,11,15-16,18,21-24,26,29H,3-6,8-10,12-14,17,19-20H2,1-2H3,(H,44,53)(H,46,49)(H,51,52)(H,43,45,48)/b11-7-/t22-,24+,26+,29-,40+/m0/s1. The van der Waals surface area contributed by atoms with Gasteiger partial charge in [0.2, 0.25) is 17.7 Å². The number of anilines is 1. The number of hydrogen-bond acceptors (Lipinski definition) is 11. The van der Waals surface area contributed by atoms with Crippen molar-refractivity contribution in [2.24, 2.45) is 5.92 Å². The molecule has 15 nitrogen and oxygen atoms in total. The number of hydrogen-bond donors (Lipinski definition) is 4. The number of allylic oxidation sites excluding steroid dienone is 1. The highest BCUT2D eigenvalue weighted by atomic mass is 32.1. The van der Waals surface area contributed by atoms with E-state index in [0.717, 1.165) is 38.5 Å². The van der Waals surface area contributed by atoms with Gasteiger partial charge in [0.05, 0.1) is 19.3 Å². The molecule has 7 rings (SSSR count). The third kappa shape index (κ3) is 8.67.